The molecule has 0 heterocycles. The highest BCUT2D eigenvalue weighted by Crippen LogP contribution is 2.43. The van der Waals surface area contributed by atoms with Crippen LogP contribution in [-0.4, -0.2) is 86.7 Å². The van der Waals surface area contributed by atoms with E-state index >= 15 is 14.4 Å². The Morgan fingerprint density at radius 1 is 0.369 bits per heavy atom. The Kier molecular flexibility index (Phi) is 45.4. The van der Waals surface area contributed by atoms with E-state index in [9.17, 15) is 57.5 Å². The smallest absolute Gasteiger partial charge is 0.140 e. The van der Waals surface area contributed by atoms with Gasteiger partial charge in [-0.3, -0.25) is 62.3 Å². The van der Waals surface area contributed by atoms with Gasteiger partial charge < -0.3 is 9.59 Å². The first-order valence-electron chi connectivity index (χ1n) is 44.8. The number of unbranched alkanes of at least 4 members (excludes halogenated alkanes) is 5. The molecule has 0 radical (unpaired) electrons. The van der Waals surface area contributed by atoms with Gasteiger partial charge >= 0.3 is 0 Å². The van der Waals surface area contributed by atoms with E-state index in [-0.39, 0.29) is 200 Å². The van der Waals surface area contributed by atoms with Gasteiger partial charge in [-0.05, 0) is 140 Å². The summed E-state index contributed by atoms with van der Waals surface area (Å²) in [6.07, 6.45) is 25.9. The average molecular weight is 1550 g/mol. The predicted octanol–water partition coefficient (Wildman–Crippen LogP) is 21.1. The zero-order valence-corrected chi connectivity index (χ0v) is 72.1. The highest BCUT2D eigenvalue weighted by atomic mass is 16.2. The first kappa shape index (κ1) is 97.9. The Morgan fingerprint density at radius 3 is 1.36 bits per heavy atom. The van der Waals surface area contributed by atoms with E-state index in [0.717, 1.165) is 95.5 Å². The zero-order chi connectivity index (χ0) is 82.6. The lowest BCUT2D eigenvalue weighted by molar-refractivity contribution is -0.139. The molecular weight excluding hydrogens is 1390 g/mol. The van der Waals surface area contributed by atoms with Crippen LogP contribution in [0.2, 0.25) is 0 Å². The maximum absolute atomic E-state index is 15.4. The highest BCUT2D eigenvalue weighted by molar-refractivity contribution is 6.01. The third-order valence-electron chi connectivity index (χ3n) is 26.0. The van der Waals surface area contributed by atoms with Crippen molar-refractivity contribution in [3.8, 4) is 0 Å². The topological polar surface area (TPSA) is 256 Å². The van der Waals surface area contributed by atoms with Crippen LogP contribution in [0.3, 0.4) is 0 Å². The molecule has 0 bridgehead atoms. The number of rotatable bonds is 63. The van der Waals surface area contributed by atoms with E-state index in [1.54, 1.807) is 0 Å². The molecule has 111 heavy (non-hydrogen) atoms. The molecule has 4 aliphatic rings. The molecule has 3 fully saturated rings. The zero-order valence-electron chi connectivity index (χ0n) is 72.1. The van der Waals surface area contributed by atoms with Crippen molar-refractivity contribution in [3.05, 3.63) is 23.8 Å². The molecule has 4 aliphatic carbocycles. The molecule has 15 unspecified atom stereocenters. The van der Waals surface area contributed by atoms with Crippen molar-refractivity contribution in [1.82, 2.24) is 0 Å². The van der Waals surface area contributed by atoms with Crippen molar-refractivity contribution < 1.29 is 71.9 Å². The van der Waals surface area contributed by atoms with Gasteiger partial charge in [0, 0.05) is 166 Å². The summed E-state index contributed by atoms with van der Waals surface area (Å²) in [7, 11) is 0. The summed E-state index contributed by atoms with van der Waals surface area (Å²) < 4.78 is 0. The average Bonchev–Trinajstić information content (AvgIpc) is 1.75. The summed E-state index contributed by atoms with van der Waals surface area (Å²) in [4.78, 5) is 215. The lowest BCUT2D eigenvalue weighted by Crippen LogP contribution is -2.35. The molecule has 626 valence electrons. The minimum absolute atomic E-state index is 0.00220. The molecule has 0 aromatic carbocycles. The highest BCUT2D eigenvalue weighted by Gasteiger charge is 2.45. The normalized spacial score (nSPS) is 20.4. The second-order valence-corrected chi connectivity index (χ2v) is 37.3. The molecule has 0 aliphatic heterocycles. The Hall–Kier alpha value is -5.47. The first-order chi connectivity index (χ1) is 52.6. The largest absolute Gasteiger partial charge is 0.300 e. The van der Waals surface area contributed by atoms with Gasteiger partial charge in [0.1, 0.15) is 86.7 Å². The van der Waals surface area contributed by atoms with Crippen LogP contribution in [0.1, 0.15) is 374 Å². The van der Waals surface area contributed by atoms with Crippen LogP contribution in [0.25, 0.3) is 0 Å². The van der Waals surface area contributed by atoms with E-state index in [0.29, 0.717) is 102 Å². The van der Waals surface area contributed by atoms with Crippen LogP contribution in [0.15, 0.2) is 23.8 Å². The summed E-state index contributed by atoms with van der Waals surface area (Å²) in [5.74, 6) is -12.3. The quantitative estimate of drug-likeness (QED) is 0.0513. The Labute approximate surface area is 670 Å². The molecule has 0 aromatic heterocycles. The molecule has 4 rings (SSSR count). The number of hydrogen-bond donors (Lipinski definition) is 0. The molecule has 0 saturated heterocycles. The van der Waals surface area contributed by atoms with E-state index in [1.807, 2.05) is 80.5 Å². The van der Waals surface area contributed by atoms with Crippen molar-refractivity contribution in [1.29, 1.82) is 0 Å². The Bertz CT molecular complexity index is 3130. The summed E-state index contributed by atoms with van der Waals surface area (Å²) in [6.45, 7) is 28.2. The predicted molar refractivity (Wildman–Crippen MR) is 441 cm³/mol. The molecule has 0 spiro atoms. The van der Waals surface area contributed by atoms with Gasteiger partial charge in [0.05, 0.1) is 0 Å². The molecule has 0 amide bonds. The maximum Gasteiger partial charge on any atom is 0.140 e. The van der Waals surface area contributed by atoms with E-state index in [4.69, 9.17) is 0 Å². The fraction of sp³-hybridized carbons (Fsp3) is 0.802. The van der Waals surface area contributed by atoms with E-state index < -0.39 is 82.9 Å². The van der Waals surface area contributed by atoms with Crippen LogP contribution >= 0.6 is 0 Å². The summed E-state index contributed by atoms with van der Waals surface area (Å²) in [6, 6.07) is 0. The number of Topliss-reactive ketones (excluding diaryl/α,β-unsaturated/α-hetero) is 15. The summed E-state index contributed by atoms with van der Waals surface area (Å²) >= 11 is 0. The molecule has 0 N–H and O–H groups in total. The number of carbonyl (C=O) groups excluding carboxylic acids is 15. The minimum atomic E-state index is -1.04. The molecule has 15 atom stereocenters. The summed E-state index contributed by atoms with van der Waals surface area (Å²) in [5, 5.41) is 0. The van der Waals surface area contributed by atoms with Crippen LogP contribution in [0.4, 0.5) is 0 Å². The van der Waals surface area contributed by atoms with Crippen molar-refractivity contribution in [3.63, 3.8) is 0 Å². The van der Waals surface area contributed by atoms with Crippen LogP contribution in [0.5, 0.6) is 0 Å². The number of ketones is 15. The first-order valence-corrected chi connectivity index (χ1v) is 44.8. The van der Waals surface area contributed by atoms with Crippen LogP contribution in [-0.2, 0) is 71.9 Å². The van der Waals surface area contributed by atoms with Gasteiger partial charge in [0.15, 0.2) is 0 Å². The summed E-state index contributed by atoms with van der Waals surface area (Å²) in [5.41, 5.74) is 0.925. The lowest BCUT2D eigenvalue weighted by Gasteiger charge is -2.29. The van der Waals surface area contributed by atoms with E-state index in [1.165, 1.54) is 20.8 Å². The monoisotopic (exact) mass is 1550 g/mol. The van der Waals surface area contributed by atoms with Gasteiger partial charge in [0.25, 0.3) is 0 Å². The maximum atomic E-state index is 15.4. The third kappa shape index (κ3) is 34.9. The second kappa shape index (κ2) is 51.5. The standard InChI is InChI=1S/C96H152O15/c1-16-19-22-33-65(12)85(100)53-74(45-44-66(13)97)87(102)56-77(49-69-34-24-21-25-35-69)88(103)55-75(46-62(6)7)89(104)59-79(50-70-36-27-28-37-70)96(111)83-43-30-40-80(83)92(107)51-71(18-3)86(101)54-73(39-23-20-17-2)91(106)60-84(64(10)11)94(109)57-76(48-67(14)98)90(105)58-78(47-63(8)9)95(110)82-42-31-41-81(82)93(108)52-72(68(15)99)38-29-26-32-61(4)5/h27,36-37,61-65,69,71-84H,16-26,28-35,38-60H2,1-15H3. The van der Waals surface area contributed by atoms with Crippen molar-refractivity contribution >= 4 is 86.7 Å². The molecule has 0 aromatic rings. The number of hydrogen-bond acceptors (Lipinski definition) is 15. The second-order valence-electron chi connectivity index (χ2n) is 37.3. The van der Waals surface area contributed by atoms with Crippen molar-refractivity contribution in [2.45, 2.75) is 374 Å². The van der Waals surface area contributed by atoms with Gasteiger partial charge in [0.2, 0.25) is 0 Å². The van der Waals surface area contributed by atoms with Gasteiger partial charge in [-0.25, -0.2) is 0 Å². The molecule has 15 nitrogen and oxygen atoms in total. The fourth-order valence-corrected chi connectivity index (χ4v) is 19.1. The van der Waals surface area contributed by atoms with Gasteiger partial charge in [-0.1, -0.05) is 210 Å². The molecule has 3 saturated carbocycles. The molecule has 15 heteroatoms. The number of carbonyl (C=O) groups is 15. The van der Waals surface area contributed by atoms with Crippen LogP contribution < -0.4 is 0 Å². The Balaban J connectivity index is 1.53. The fourth-order valence-electron chi connectivity index (χ4n) is 19.1. The minimum Gasteiger partial charge on any atom is -0.300 e. The van der Waals surface area contributed by atoms with Gasteiger partial charge in [-0.15, -0.1) is 0 Å². The van der Waals surface area contributed by atoms with Crippen molar-refractivity contribution in [2.24, 2.45) is 118 Å². The van der Waals surface area contributed by atoms with Crippen LogP contribution in [0, 0.1) is 118 Å². The molecular formula is C96H152O15. The third-order valence-corrected chi connectivity index (χ3v) is 26.0. The van der Waals surface area contributed by atoms with Gasteiger partial charge in [-0.2, -0.15) is 0 Å². The SMILES string of the molecule is CCCCCC(C)C(=O)CC(CCC(C)=O)C(=O)CC(CC1CCCCC1)C(=O)CC(CC(C)C)C(=O)CC(CC1=CCC=C1)C(=O)C1CCCC1C(=O)CC(CC)C(=O)CC(CCCCC)C(=O)CC(C(=O)CC(CC(C)=O)C(=O)CC(CC(C)C)C(=O)C1CCCC1C(=O)CC(CCCCC(C)C)C(C)=O)C(C)C. The Morgan fingerprint density at radius 2 is 0.820 bits per heavy atom. The van der Waals surface area contributed by atoms with E-state index in [2.05, 4.69) is 20.8 Å². The number of allylic oxidation sites excluding steroid dienone is 4. The lowest BCUT2D eigenvalue weighted by atomic mass is 9.74. The van der Waals surface area contributed by atoms with Crippen molar-refractivity contribution in [2.75, 3.05) is 0 Å².